The van der Waals surface area contributed by atoms with Crippen LogP contribution in [0.3, 0.4) is 0 Å². The number of benzene rings is 2. The first-order valence-electron chi connectivity index (χ1n) is 7.22. The van der Waals surface area contributed by atoms with Gasteiger partial charge in [-0.2, -0.15) is 5.11 Å². The molecule has 0 aliphatic carbocycles. The molecule has 1 heterocycles. The van der Waals surface area contributed by atoms with E-state index in [2.05, 4.69) is 20.7 Å². The maximum Gasteiger partial charge on any atom is 0.151 e. The number of hydrogen-bond acceptors (Lipinski definition) is 6. The van der Waals surface area contributed by atoms with Crippen LogP contribution in [0.5, 0.6) is 0 Å². The maximum atomic E-state index is 7.74. The molecule has 0 aliphatic heterocycles. The molecule has 3 aromatic rings. The third-order valence-corrected chi connectivity index (χ3v) is 3.43. The number of fused-ring (bicyclic) bond motifs is 1. The lowest BCUT2D eigenvalue weighted by Gasteiger charge is -2.05. The van der Waals surface area contributed by atoms with Crippen LogP contribution >= 0.6 is 0 Å². The van der Waals surface area contributed by atoms with Gasteiger partial charge in [0.25, 0.3) is 0 Å². The molecule has 0 aliphatic rings. The van der Waals surface area contributed by atoms with Gasteiger partial charge < -0.3 is 5.73 Å². The van der Waals surface area contributed by atoms with Crippen molar-refractivity contribution in [2.24, 2.45) is 10.2 Å². The molecular formula is C17H16N6O. The van der Waals surface area contributed by atoms with Crippen molar-refractivity contribution in [1.82, 2.24) is 10.5 Å². The maximum absolute atomic E-state index is 7.74. The minimum absolute atomic E-state index is 0.170. The zero-order valence-corrected chi connectivity index (χ0v) is 13.0. The quantitative estimate of drug-likeness (QED) is 0.294. The van der Waals surface area contributed by atoms with Crippen molar-refractivity contribution in [3.63, 3.8) is 0 Å². The zero-order valence-electron chi connectivity index (χ0n) is 13.0. The summed E-state index contributed by atoms with van der Waals surface area (Å²) in [4.78, 5) is 8.86. The molecule has 0 atom stereocenters. The summed E-state index contributed by atoms with van der Waals surface area (Å²) in [6.07, 6.45) is 1.72. The first-order valence-corrected chi connectivity index (χ1v) is 7.22. The second-order valence-corrected chi connectivity index (χ2v) is 5.01. The molecular weight excluding hydrogens is 304 g/mol. The van der Waals surface area contributed by atoms with Gasteiger partial charge in [0.05, 0.1) is 12.8 Å². The fraction of sp³-hybridized carbons (Fsp3) is 0.0588. The monoisotopic (exact) mass is 320 g/mol. The molecule has 0 radical (unpaired) electrons. The zero-order chi connectivity index (χ0) is 16.9. The van der Waals surface area contributed by atoms with Crippen molar-refractivity contribution in [2.45, 2.75) is 0 Å². The molecule has 3 rings (SSSR count). The molecule has 0 bridgehead atoms. The van der Waals surface area contributed by atoms with E-state index in [1.807, 2.05) is 24.3 Å². The Hall–Kier alpha value is -3.32. The number of rotatable bonds is 4. The summed E-state index contributed by atoms with van der Waals surface area (Å²) in [7, 11) is 1.46. The average molecular weight is 320 g/mol. The number of nitrogens with zero attached hydrogens (tertiary/aromatic N) is 3. The molecule has 0 spiro atoms. The highest BCUT2D eigenvalue weighted by Gasteiger charge is 2.06. The summed E-state index contributed by atoms with van der Waals surface area (Å²) >= 11 is 0. The first kappa shape index (κ1) is 15.6. The number of nitrogens with one attached hydrogen (secondary N) is 2. The van der Waals surface area contributed by atoms with Gasteiger partial charge in [-0.05, 0) is 24.3 Å². The fourth-order valence-electron chi connectivity index (χ4n) is 2.23. The molecule has 0 saturated heterocycles. The number of anilines is 1. The van der Waals surface area contributed by atoms with E-state index in [0.29, 0.717) is 22.8 Å². The van der Waals surface area contributed by atoms with Gasteiger partial charge in [0.1, 0.15) is 11.5 Å². The fourth-order valence-corrected chi connectivity index (χ4v) is 2.23. The Bertz CT molecular complexity index is 905. The van der Waals surface area contributed by atoms with Crippen molar-refractivity contribution in [1.29, 1.82) is 5.41 Å². The minimum atomic E-state index is 0.170. The third kappa shape index (κ3) is 3.21. The van der Waals surface area contributed by atoms with Gasteiger partial charge in [-0.1, -0.05) is 24.3 Å². The molecule has 0 unspecified atom stereocenters. The van der Waals surface area contributed by atoms with Crippen LogP contribution in [-0.4, -0.2) is 17.9 Å². The van der Waals surface area contributed by atoms with Crippen molar-refractivity contribution in [3.8, 4) is 0 Å². The first-order chi connectivity index (χ1) is 11.7. The molecule has 0 saturated carbocycles. The van der Waals surface area contributed by atoms with Crippen LogP contribution in [0.15, 0.2) is 65.0 Å². The van der Waals surface area contributed by atoms with Gasteiger partial charge in [0.2, 0.25) is 0 Å². The van der Waals surface area contributed by atoms with Crippen LogP contribution in [0.25, 0.3) is 10.8 Å². The largest absolute Gasteiger partial charge is 0.382 e. The second kappa shape index (κ2) is 6.84. The SMILES string of the molecule is CONC(=N)c1ccc(/N=N/c2c(N)ncc3ccccc23)cc1. The second-order valence-electron chi connectivity index (χ2n) is 5.01. The third-order valence-electron chi connectivity index (χ3n) is 3.43. The Labute approximate surface area is 138 Å². The van der Waals surface area contributed by atoms with E-state index in [-0.39, 0.29) is 5.84 Å². The van der Waals surface area contributed by atoms with E-state index < -0.39 is 0 Å². The number of azo groups is 1. The van der Waals surface area contributed by atoms with E-state index in [9.17, 15) is 0 Å². The van der Waals surface area contributed by atoms with Crippen LogP contribution in [0.1, 0.15) is 5.56 Å². The predicted octanol–water partition coefficient (Wildman–Crippen LogP) is 3.71. The molecule has 2 aromatic carbocycles. The van der Waals surface area contributed by atoms with Gasteiger partial charge in [-0.25, -0.2) is 10.5 Å². The van der Waals surface area contributed by atoms with Crippen molar-refractivity contribution >= 4 is 33.8 Å². The summed E-state index contributed by atoms with van der Waals surface area (Å²) < 4.78 is 0. The lowest BCUT2D eigenvalue weighted by molar-refractivity contribution is 0.144. The molecule has 24 heavy (non-hydrogen) atoms. The number of hydrogen-bond donors (Lipinski definition) is 3. The molecule has 7 nitrogen and oxygen atoms in total. The Balaban J connectivity index is 1.89. The molecule has 0 amide bonds. The number of aromatic nitrogens is 1. The number of nitrogen functional groups attached to an aromatic ring is 1. The van der Waals surface area contributed by atoms with Crippen molar-refractivity contribution in [2.75, 3.05) is 12.8 Å². The van der Waals surface area contributed by atoms with Gasteiger partial charge in [-0.15, -0.1) is 5.11 Å². The highest BCUT2D eigenvalue weighted by molar-refractivity contribution is 5.96. The van der Waals surface area contributed by atoms with E-state index in [1.165, 1.54) is 7.11 Å². The van der Waals surface area contributed by atoms with E-state index in [4.69, 9.17) is 16.0 Å². The minimum Gasteiger partial charge on any atom is -0.382 e. The Morgan fingerprint density at radius 1 is 1.12 bits per heavy atom. The van der Waals surface area contributed by atoms with E-state index >= 15 is 0 Å². The van der Waals surface area contributed by atoms with E-state index in [0.717, 1.165) is 10.8 Å². The Morgan fingerprint density at radius 2 is 1.88 bits per heavy atom. The number of amidine groups is 1. The van der Waals surface area contributed by atoms with Crippen LogP contribution < -0.4 is 11.2 Å². The van der Waals surface area contributed by atoms with Crippen molar-refractivity contribution < 1.29 is 4.84 Å². The Morgan fingerprint density at radius 3 is 2.62 bits per heavy atom. The van der Waals surface area contributed by atoms with Gasteiger partial charge in [-0.3, -0.25) is 10.2 Å². The van der Waals surface area contributed by atoms with Crippen LogP contribution in [0.4, 0.5) is 17.2 Å². The topological polar surface area (TPSA) is 109 Å². The molecule has 0 fully saturated rings. The molecule has 4 N–H and O–H groups in total. The smallest absolute Gasteiger partial charge is 0.151 e. The van der Waals surface area contributed by atoms with Gasteiger partial charge >= 0.3 is 0 Å². The van der Waals surface area contributed by atoms with Crippen LogP contribution in [0, 0.1) is 5.41 Å². The standard InChI is InChI=1S/C17H16N6O/c1-24-23-16(18)11-6-8-13(9-7-11)21-22-15-14-5-3-2-4-12(14)10-20-17(15)19/h2-10H,1H3,(H2,18,23)(H2,19,20)/b22-21+. The molecule has 1 aromatic heterocycles. The lowest BCUT2D eigenvalue weighted by atomic mass is 10.1. The average Bonchev–Trinajstić information content (AvgIpc) is 2.61. The number of hydroxylamine groups is 1. The summed E-state index contributed by atoms with van der Waals surface area (Å²) in [6.45, 7) is 0. The summed E-state index contributed by atoms with van der Waals surface area (Å²) in [5, 5.41) is 18.1. The van der Waals surface area contributed by atoms with E-state index in [1.54, 1.807) is 30.5 Å². The van der Waals surface area contributed by atoms with Crippen molar-refractivity contribution in [3.05, 3.63) is 60.3 Å². The highest BCUT2D eigenvalue weighted by atomic mass is 16.6. The lowest BCUT2D eigenvalue weighted by Crippen LogP contribution is -2.21. The van der Waals surface area contributed by atoms with Gasteiger partial charge in [0, 0.05) is 22.5 Å². The van der Waals surface area contributed by atoms with Crippen LogP contribution in [-0.2, 0) is 4.84 Å². The number of pyridine rings is 1. The van der Waals surface area contributed by atoms with Gasteiger partial charge in [0.15, 0.2) is 5.82 Å². The highest BCUT2D eigenvalue weighted by Crippen LogP contribution is 2.31. The number of nitrogens with two attached hydrogens (primary N) is 1. The van der Waals surface area contributed by atoms with Crippen LogP contribution in [0.2, 0.25) is 0 Å². The normalized spacial score (nSPS) is 11.0. The molecule has 120 valence electrons. The summed E-state index contributed by atoms with van der Waals surface area (Å²) in [6, 6.07) is 14.8. The Kier molecular flexibility index (Phi) is 4.44. The molecule has 7 heteroatoms. The summed E-state index contributed by atoms with van der Waals surface area (Å²) in [5.41, 5.74) is 10.3. The predicted molar refractivity (Wildman–Crippen MR) is 93.7 cm³/mol. The summed E-state index contributed by atoms with van der Waals surface area (Å²) in [5.74, 6) is 0.503.